The second-order valence-corrected chi connectivity index (χ2v) is 6.32. The van der Waals surface area contributed by atoms with E-state index in [2.05, 4.69) is 10.4 Å². The number of benzene rings is 1. The van der Waals surface area contributed by atoms with Crippen molar-refractivity contribution < 1.29 is 14.3 Å². The summed E-state index contributed by atoms with van der Waals surface area (Å²) in [6.07, 6.45) is 2.13. The Morgan fingerprint density at radius 2 is 2.16 bits per heavy atom. The van der Waals surface area contributed by atoms with Gasteiger partial charge in [0, 0.05) is 19.2 Å². The molecule has 1 aliphatic heterocycles. The van der Waals surface area contributed by atoms with Crippen molar-refractivity contribution in [3.63, 3.8) is 0 Å². The van der Waals surface area contributed by atoms with Crippen LogP contribution in [0.2, 0.25) is 0 Å². The number of hydrogen-bond acceptors (Lipinski definition) is 5. The Kier molecular flexibility index (Phi) is 3.91. The van der Waals surface area contributed by atoms with Gasteiger partial charge < -0.3 is 14.8 Å². The highest BCUT2D eigenvalue weighted by atomic mass is 16.6. The van der Waals surface area contributed by atoms with Gasteiger partial charge in [-0.2, -0.15) is 5.10 Å². The molecular formula is C18H19N3O4. The number of nitrogens with one attached hydrogen (secondary N) is 1. The molecule has 0 saturated heterocycles. The molecule has 1 aliphatic carbocycles. The van der Waals surface area contributed by atoms with E-state index >= 15 is 0 Å². The highest BCUT2D eigenvalue weighted by Crippen LogP contribution is 2.33. The third kappa shape index (κ3) is 2.97. The van der Waals surface area contributed by atoms with Gasteiger partial charge in [0.2, 0.25) is 0 Å². The van der Waals surface area contributed by atoms with Crippen molar-refractivity contribution in [1.29, 1.82) is 0 Å². The summed E-state index contributed by atoms with van der Waals surface area (Å²) in [6.45, 7) is 0.919. The number of rotatable bonds is 2. The molecule has 0 fully saturated rings. The first-order valence-corrected chi connectivity index (χ1v) is 8.37. The molecule has 2 aliphatic rings. The highest BCUT2D eigenvalue weighted by Gasteiger charge is 2.25. The third-order valence-corrected chi connectivity index (χ3v) is 4.60. The molecule has 2 heterocycles. The van der Waals surface area contributed by atoms with Gasteiger partial charge in [-0.05, 0) is 37.0 Å². The van der Waals surface area contributed by atoms with Gasteiger partial charge in [0.1, 0.15) is 13.2 Å². The first-order chi connectivity index (χ1) is 12.1. The van der Waals surface area contributed by atoms with Crippen LogP contribution in [0.25, 0.3) is 0 Å². The van der Waals surface area contributed by atoms with Crippen molar-refractivity contribution in [1.82, 2.24) is 15.1 Å². The molecule has 130 valence electrons. The quantitative estimate of drug-likeness (QED) is 0.875. The number of amides is 1. The summed E-state index contributed by atoms with van der Waals surface area (Å²) < 4.78 is 12.5. The Morgan fingerprint density at radius 1 is 1.32 bits per heavy atom. The maximum absolute atomic E-state index is 12.7. The van der Waals surface area contributed by atoms with E-state index in [9.17, 15) is 9.59 Å². The normalized spacial score (nSPS) is 18.4. The van der Waals surface area contributed by atoms with Gasteiger partial charge in [0.15, 0.2) is 11.5 Å². The molecule has 0 spiro atoms. The fourth-order valence-electron chi connectivity index (χ4n) is 3.32. The molecule has 1 amide bonds. The second kappa shape index (κ2) is 6.23. The van der Waals surface area contributed by atoms with Gasteiger partial charge in [0.05, 0.1) is 11.3 Å². The molecule has 0 saturated carbocycles. The number of ether oxygens (including phenoxy) is 2. The fourth-order valence-corrected chi connectivity index (χ4v) is 3.32. The molecule has 25 heavy (non-hydrogen) atoms. The van der Waals surface area contributed by atoms with E-state index in [-0.39, 0.29) is 17.5 Å². The minimum atomic E-state index is -0.187. The molecule has 1 unspecified atom stereocenters. The lowest BCUT2D eigenvalue weighted by molar-refractivity contribution is 0.0922. The van der Waals surface area contributed by atoms with E-state index in [1.54, 1.807) is 31.3 Å². The number of carbonyl (C=O) groups excluding carboxylic acids is 1. The summed E-state index contributed by atoms with van der Waals surface area (Å²) in [6, 6.07) is 6.89. The Balaban J connectivity index is 1.52. The molecule has 1 aromatic heterocycles. The zero-order chi connectivity index (χ0) is 17.4. The zero-order valence-electron chi connectivity index (χ0n) is 13.9. The average Bonchev–Trinajstić information content (AvgIpc) is 2.62. The average molecular weight is 341 g/mol. The molecular weight excluding hydrogens is 322 g/mol. The van der Waals surface area contributed by atoms with Gasteiger partial charge in [-0.25, -0.2) is 4.68 Å². The van der Waals surface area contributed by atoms with Crippen LogP contribution in [0.4, 0.5) is 0 Å². The largest absolute Gasteiger partial charge is 0.486 e. The molecule has 2 aromatic rings. The van der Waals surface area contributed by atoms with Gasteiger partial charge in [-0.1, -0.05) is 6.07 Å². The van der Waals surface area contributed by atoms with E-state index < -0.39 is 0 Å². The minimum absolute atomic E-state index is 0.0331. The van der Waals surface area contributed by atoms with Crippen molar-refractivity contribution in [3.8, 4) is 11.5 Å². The van der Waals surface area contributed by atoms with E-state index in [0.717, 1.165) is 24.1 Å². The number of carbonyl (C=O) groups is 1. The van der Waals surface area contributed by atoms with Crippen molar-refractivity contribution in [2.45, 2.75) is 25.3 Å². The zero-order valence-corrected chi connectivity index (χ0v) is 13.9. The van der Waals surface area contributed by atoms with Crippen molar-refractivity contribution in [3.05, 3.63) is 51.4 Å². The number of hydrogen-bond donors (Lipinski definition) is 1. The maximum Gasteiger partial charge on any atom is 0.266 e. The summed E-state index contributed by atoms with van der Waals surface area (Å²) in [5.41, 5.74) is 2.19. The van der Waals surface area contributed by atoms with Gasteiger partial charge >= 0.3 is 0 Å². The van der Waals surface area contributed by atoms with Gasteiger partial charge in [0.25, 0.3) is 11.5 Å². The van der Waals surface area contributed by atoms with E-state index in [1.807, 2.05) is 0 Å². The summed E-state index contributed by atoms with van der Waals surface area (Å²) in [4.78, 5) is 24.5. The first-order valence-electron chi connectivity index (χ1n) is 8.37. The molecule has 0 bridgehead atoms. The Bertz CT molecular complexity index is 890. The van der Waals surface area contributed by atoms with E-state index in [4.69, 9.17) is 9.47 Å². The summed E-state index contributed by atoms with van der Waals surface area (Å²) >= 11 is 0. The van der Waals surface area contributed by atoms with Crippen LogP contribution in [-0.2, 0) is 19.9 Å². The van der Waals surface area contributed by atoms with Crippen LogP contribution < -0.4 is 20.3 Å². The standard InChI is InChI=1S/C18H19N3O4/c1-21-16(22)10-11-9-12(5-6-14(11)20-21)19-18(23)13-3-2-4-15-17(13)25-8-7-24-15/h2-4,10,12H,5-9H2,1H3,(H,19,23). The lowest BCUT2D eigenvalue weighted by Crippen LogP contribution is -2.40. The number of nitrogens with zero attached hydrogens (tertiary/aromatic N) is 2. The molecule has 0 radical (unpaired) electrons. The number of para-hydroxylation sites is 1. The molecule has 1 atom stereocenters. The first kappa shape index (κ1) is 15.7. The van der Waals surface area contributed by atoms with Crippen LogP contribution in [0.15, 0.2) is 29.1 Å². The summed E-state index contributed by atoms with van der Waals surface area (Å²) in [5, 5.41) is 7.35. The Hall–Kier alpha value is -2.83. The predicted octanol–water partition coefficient (Wildman–Crippen LogP) is 0.839. The topological polar surface area (TPSA) is 82.5 Å². The number of aromatic nitrogens is 2. The molecule has 1 aromatic carbocycles. The lowest BCUT2D eigenvalue weighted by Gasteiger charge is -2.26. The van der Waals surface area contributed by atoms with Crippen molar-refractivity contribution in [2.24, 2.45) is 7.05 Å². The molecule has 7 heteroatoms. The Labute approximate surface area is 144 Å². The lowest BCUT2D eigenvalue weighted by atomic mass is 9.92. The molecule has 4 rings (SSSR count). The van der Waals surface area contributed by atoms with Crippen LogP contribution in [-0.4, -0.2) is 34.9 Å². The van der Waals surface area contributed by atoms with Gasteiger partial charge in [-0.3, -0.25) is 9.59 Å². The third-order valence-electron chi connectivity index (χ3n) is 4.60. The van der Waals surface area contributed by atoms with Crippen LogP contribution in [0.1, 0.15) is 28.0 Å². The maximum atomic E-state index is 12.7. The fraction of sp³-hybridized carbons (Fsp3) is 0.389. The van der Waals surface area contributed by atoms with E-state index in [0.29, 0.717) is 36.7 Å². The highest BCUT2D eigenvalue weighted by molar-refractivity contribution is 5.98. The van der Waals surface area contributed by atoms with Crippen LogP contribution in [0.3, 0.4) is 0 Å². The van der Waals surface area contributed by atoms with Crippen molar-refractivity contribution in [2.75, 3.05) is 13.2 Å². The second-order valence-electron chi connectivity index (χ2n) is 6.32. The summed E-state index contributed by atoms with van der Waals surface area (Å²) in [7, 11) is 1.65. The smallest absolute Gasteiger partial charge is 0.266 e. The molecule has 7 nitrogen and oxygen atoms in total. The number of aryl methyl sites for hydroxylation is 2. The SMILES string of the molecule is Cn1nc2c(cc1=O)CC(NC(=O)c1cccc3c1OCCO3)CC2. The van der Waals surface area contributed by atoms with Crippen LogP contribution >= 0.6 is 0 Å². The summed E-state index contributed by atoms with van der Waals surface area (Å²) in [5.74, 6) is 0.908. The monoisotopic (exact) mass is 341 g/mol. The van der Waals surface area contributed by atoms with Gasteiger partial charge in [-0.15, -0.1) is 0 Å². The van der Waals surface area contributed by atoms with Crippen LogP contribution in [0, 0.1) is 0 Å². The van der Waals surface area contributed by atoms with Crippen molar-refractivity contribution >= 4 is 5.91 Å². The number of fused-ring (bicyclic) bond motifs is 2. The van der Waals surface area contributed by atoms with Crippen LogP contribution in [0.5, 0.6) is 11.5 Å². The predicted molar refractivity (Wildman–Crippen MR) is 90.2 cm³/mol. The molecule has 1 N–H and O–H groups in total. The minimum Gasteiger partial charge on any atom is -0.486 e. The Morgan fingerprint density at radius 3 is 3.04 bits per heavy atom. The van der Waals surface area contributed by atoms with E-state index in [1.165, 1.54) is 4.68 Å².